The first kappa shape index (κ1) is 17.4. The van der Waals surface area contributed by atoms with E-state index in [0.29, 0.717) is 31.7 Å². The molecule has 0 spiro atoms. The largest absolute Gasteiger partial charge is 0.459 e. The third-order valence-corrected chi connectivity index (χ3v) is 5.12. The lowest BCUT2D eigenvalue weighted by molar-refractivity contribution is -0.127. The first-order valence-corrected chi connectivity index (χ1v) is 9.23. The molecule has 1 atom stereocenters. The van der Waals surface area contributed by atoms with Gasteiger partial charge < -0.3 is 19.1 Å². The molecule has 3 heterocycles. The number of hydrogen-bond acceptors (Lipinski definition) is 4. The lowest BCUT2D eigenvalue weighted by Gasteiger charge is -2.31. The fourth-order valence-electron chi connectivity index (χ4n) is 3.52. The molecule has 2 amide bonds. The Morgan fingerprint density at radius 2 is 1.93 bits per heavy atom. The number of benzene rings is 1. The molecule has 6 heteroatoms. The molecule has 6 nitrogen and oxygen atoms in total. The molecular weight excluding hydrogens is 344 g/mol. The van der Waals surface area contributed by atoms with Crippen molar-refractivity contribution in [2.75, 3.05) is 13.1 Å². The maximum absolute atomic E-state index is 12.6. The van der Waals surface area contributed by atoms with Gasteiger partial charge in [-0.15, -0.1) is 0 Å². The molecule has 0 saturated carbocycles. The van der Waals surface area contributed by atoms with Crippen molar-refractivity contribution in [3.05, 3.63) is 60.2 Å². The van der Waals surface area contributed by atoms with Crippen LogP contribution in [-0.4, -0.2) is 29.8 Å². The molecule has 3 aromatic rings. The summed E-state index contributed by atoms with van der Waals surface area (Å²) in [5, 5.41) is 4.07. The highest BCUT2D eigenvalue weighted by atomic mass is 16.3. The molecule has 0 radical (unpaired) electrons. The van der Waals surface area contributed by atoms with E-state index in [1.54, 1.807) is 17.0 Å². The monoisotopic (exact) mass is 366 g/mol. The number of piperidine rings is 1. The summed E-state index contributed by atoms with van der Waals surface area (Å²) < 4.78 is 11.0. The Kier molecular flexibility index (Phi) is 4.71. The second-order valence-electron chi connectivity index (χ2n) is 6.96. The first-order chi connectivity index (χ1) is 13.1. The van der Waals surface area contributed by atoms with E-state index in [0.717, 1.165) is 16.7 Å². The third kappa shape index (κ3) is 3.60. The average molecular weight is 366 g/mol. The van der Waals surface area contributed by atoms with Gasteiger partial charge in [0.15, 0.2) is 5.76 Å². The minimum Gasteiger partial charge on any atom is -0.459 e. The highest BCUT2D eigenvalue weighted by molar-refractivity contribution is 5.91. The number of para-hydroxylation sites is 1. The number of rotatable bonds is 4. The number of nitrogens with zero attached hydrogens (tertiary/aromatic N) is 1. The van der Waals surface area contributed by atoms with Gasteiger partial charge in [0, 0.05) is 24.4 Å². The molecule has 1 saturated heterocycles. The Morgan fingerprint density at radius 1 is 1.15 bits per heavy atom. The molecular formula is C21H22N2O4. The predicted octanol–water partition coefficient (Wildman–Crippen LogP) is 3.76. The zero-order chi connectivity index (χ0) is 18.8. The van der Waals surface area contributed by atoms with E-state index in [2.05, 4.69) is 5.32 Å². The fourth-order valence-corrected chi connectivity index (χ4v) is 3.52. The summed E-state index contributed by atoms with van der Waals surface area (Å²) >= 11 is 0. The topological polar surface area (TPSA) is 75.7 Å². The highest BCUT2D eigenvalue weighted by Crippen LogP contribution is 2.25. The molecule has 1 unspecified atom stereocenters. The van der Waals surface area contributed by atoms with Crippen molar-refractivity contribution in [3.8, 4) is 0 Å². The fraction of sp³-hybridized carbons (Fsp3) is 0.333. The van der Waals surface area contributed by atoms with Gasteiger partial charge in [-0.2, -0.15) is 0 Å². The third-order valence-electron chi connectivity index (χ3n) is 5.12. The molecule has 0 bridgehead atoms. The SMILES string of the molecule is CC(NC(=O)C1CCN(C(=O)c2ccco2)CC1)c1cc2ccccc2o1. The number of carbonyl (C=O) groups excluding carboxylic acids is 2. The Bertz CT molecular complexity index is 903. The summed E-state index contributed by atoms with van der Waals surface area (Å²) in [7, 11) is 0. The number of hydrogen-bond donors (Lipinski definition) is 1. The van der Waals surface area contributed by atoms with E-state index >= 15 is 0 Å². The van der Waals surface area contributed by atoms with Gasteiger partial charge in [0.05, 0.1) is 12.3 Å². The Labute approximate surface area is 157 Å². The van der Waals surface area contributed by atoms with E-state index in [-0.39, 0.29) is 23.8 Å². The van der Waals surface area contributed by atoms with Crippen LogP contribution >= 0.6 is 0 Å². The highest BCUT2D eigenvalue weighted by Gasteiger charge is 2.29. The van der Waals surface area contributed by atoms with E-state index in [9.17, 15) is 9.59 Å². The Hall–Kier alpha value is -3.02. The van der Waals surface area contributed by atoms with Crippen molar-refractivity contribution in [3.63, 3.8) is 0 Å². The minimum atomic E-state index is -0.201. The van der Waals surface area contributed by atoms with Gasteiger partial charge in [-0.1, -0.05) is 18.2 Å². The van der Waals surface area contributed by atoms with Crippen LogP contribution in [0.1, 0.15) is 42.1 Å². The molecule has 27 heavy (non-hydrogen) atoms. The molecule has 1 aromatic carbocycles. The van der Waals surface area contributed by atoms with Gasteiger partial charge in [0.1, 0.15) is 11.3 Å². The van der Waals surface area contributed by atoms with Crippen LogP contribution in [0, 0.1) is 5.92 Å². The molecule has 1 fully saturated rings. The van der Waals surface area contributed by atoms with Gasteiger partial charge in [-0.25, -0.2) is 0 Å². The molecule has 0 aliphatic carbocycles. The molecule has 2 aromatic heterocycles. The van der Waals surface area contributed by atoms with E-state index in [1.165, 1.54) is 6.26 Å². The zero-order valence-corrected chi connectivity index (χ0v) is 15.2. The predicted molar refractivity (Wildman–Crippen MR) is 100 cm³/mol. The number of furan rings is 2. The molecule has 1 aliphatic heterocycles. The maximum atomic E-state index is 12.6. The van der Waals surface area contributed by atoms with E-state index in [4.69, 9.17) is 8.83 Å². The van der Waals surface area contributed by atoms with E-state index < -0.39 is 0 Å². The number of carbonyl (C=O) groups is 2. The zero-order valence-electron chi connectivity index (χ0n) is 15.2. The van der Waals surface area contributed by atoms with Crippen LogP contribution in [0.4, 0.5) is 0 Å². The van der Waals surface area contributed by atoms with Crippen LogP contribution in [0.5, 0.6) is 0 Å². The number of amides is 2. The van der Waals surface area contributed by atoms with Gasteiger partial charge in [-0.3, -0.25) is 9.59 Å². The molecule has 1 N–H and O–H groups in total. The Morgan fingerprint density at radius 3 is 2.63 bits per heavy atom. The van der Waals surface area contributed by atoms with Crippen LogP contribution < -0.4 is 5.32 Å². The van der Waals surface area contributed by atoms with Crippen molar-refractivity contribution >= 4 is 22.8 Å². The van der Waals surface area contributed by atoms with Crippen molar-refractivity contribution in [2.24, 2.45) is 5.92 Å². The lowest BCUT2D eigenvalue weighted by Crippen LogP contribution is -2.43. The summed E-state index contributed by atoms with van der Waals surface area (Å²) in [5.41, 5.74) is 0.818. The van der Waals surface area contributed by atoms with Crippen LogP contribution in [0.15, 0.2) is 57.6 Å². The van der Waals surface area contributed by atoms with Crippen molar-refractivity contribution in [2.45, 2.75) is 25.8 Å². The average Bonchev–Trinajstić information content (AvgIpc) is 3.37. The summed E-state index contributed by atoms with van der Waals surface area (Å²) in [6.45, 7) is 3.03. The summed E-state index contributed by atoms with van der Waals surface area (Å²) in [6, 6.07) is 12.9. The van der Waals surface area contributed by atoms with Crippen molar-refractivity contribution in [1.82, 2.24) is 10.2 Å². The van der Waals surface area contributed by atoms with Crippen LogP contribution in [0.25, 0.3) is 11.0 Å². The second kappa shape index (κ2) is 7.31. The number of nitrogens with one attached hydrogen (secondary N) is 1. The molecule has 4 rings (SSSR count). The first-order valence-electron chi connectivity index (χ1n) is 9.23. The minimum absolute atomic E-state index is 0.00746. The van der Waals surface area contributed by atoms with Crippen molar-refractivity contribution in [1.29, 1.82) is 0 Å². The van der Waals surface area contributed by atoms with Crippen LogP contribution in [0.3, 0.4) is 0 Å². The Balaban J connectivity index is 1.33. The van der Waals surface area contributed by atoms with Gasteiger partial charge in [-0.05, 0) is 44.0 Å². The van der Waals surface area contributed by atoms with Gasteiger partial charge in [0.25, 0.3) is 5.91 Å². The lowest BCUT2D eigenvalue weighted by atomic mass is 9.95. The summed E-state index contributed by atoms with van der Waals surface area (Å²) in [6.07, 6.45) is 2.78. The summed E-state index contributed by atoms with van der Waals surface area (Å²) in [4.78, 5) is 26.7. The second-order valence-corrected chi connectivity index (χ2v) is 6.96. The molecule has 1 aliphatic rings. The summed E-state index contributed by atoms with van der Waals surface area (Å²) in [5.74, 6) is 0.881. The van der Waals surface area contributed by atoms with Gasteiger partial charge in [0.2, 0.25) is 5.91 Å². The number of fused-ring (bicyclic) bond motifs is 1. The number of likely N-dealkylation sites (tertiary alicyclic amines) is 1. The normalized spacial score (nSPS) is 16.4. The van der Waals surface area contributed by atoms with Gasteiger partial charge >= 0.3 is 0 Å². The molecule has 140 valence electrons. The van der Waals surface area contributed by atoms with Crippen LogP contribution in [-0.2, 0) is 4.79 Å². The standard InChI is InChI=1S/C21H22N2O4/c1-14(19-13-16-5-2-3-6-17(16)27-19)22-20(24)15-8-10-23(11-9-15)21(25)18-7-4-12-26-18/h2-7,12-15H,8-11H2,1H3,(H,22,24). The van der Waals surface area contributed by atoms with Crippen molar-refractivity contribution < 1.29 is 18.4 Å². The van der Waals surface area contributed by atoms with Crippen LogP contribution in [0.2, 0.25) is 0 Å². The maximum Gasteiger partial charge on any atom is 0.289 e. The van der Waals surface area contributed by atoms with E-state index in [1.807, 2.05) is 37.3 Å². The quantitative estimate of drug-likeness (QED) is 0.763. The smallest absolute Gasteiger partial charge is 0.289 e.